The van der Waals surface area contributed by atoms with E-state index in [1.807, 2.05) is 24.3 Å². The van der Waals surface area contributed by atoms with Crippen LogP contribution in [0.1, 0.15) is 17.2 Å². The molecule has 2 aliphatic rings. The minimum absolute atomic E-state index is 0.0366. The third-order valence-corrected chi connectivity index (χ3v) is 5.82. The summed E-state index contributed by atoms with van der Waals surface area (Å²) < 4.78 is 10.6. The van der Waals surface area contributed by atoms with Crippen LogP contribution in [0.25, 0.3) is 6.08 Å². The number of thiocarbonyl (C=S) groups is 1. The number of ether oxygens (including phenoxy) is 2. The molecule has 0 radical (unpaired) electrons. The standard InChI is InChI=1S/C23H26N4O2S/c1-26-13-17(12-15-4-8-18(28-2)9-5-15)21-20(14-26)22(27(25-21)23(24)30)16-6-10-19(29-3)11-7-16/h4-12,20,22H,13-14H2,1-3H3,(H2,24,30)/b17-12-/t20-,22+/m0/s1. The minimum Gasteiger partial charge on any atom is -0.497 e. The predicted molar refractivity (Wildman–Crippen MR) is 124 cm³/mol. The van der Waals surface area contributed by atoms with Crippen LogP contribution < -0.4 is 15.2 Å². The molecule has 2 aliphatic heterocycles. The van der Waals surface area contributed by atoms with Gasteiger partial charge in [-0.1, -0.05) is 24.3 Å². The SMILES string of the molecule is COc1ccc(/C=C2/CN(C)C[C@H]3C2=NN(C(N)=S)[C@@H]3c2ccc(OC)cc2)cc1. The Bertz CT molecular complexity index is 985. The third kappa shape index (κ3) is 3.91. The third-order valence-electron chi connectivity index (χ3n) is 5.63. The van der Waals surface area contributed by atoms with Gasteiger partial charge in [-0.2, -0.15) is 5.10 Å². The number of hydrogen-bond donors (Lipinski definition) is 1. The quantitative estimate of drug-likeness (QED) is 0.763. The number of nitrogens with zero attached hydrogens (tertiary/aromatic N) is 3. The van der Waals surface area contributed by atoms with Gasteiger partial charge in [0.15, 0.2) is 5.11 Å². The fourth-order valence-electron chi connectivity index (χ4n) is 4.22. The van der Waals surface area contributed by atoms with Crippen molar-refractivity contribution in [2.45, 2.75) is 6.04 Å². The Morgan fingerprint density at radius 2 is 1.67 bits per heavy atom. The molecule has 0 bridgehead atoms. The molecule has 2 N–H and O–H groups in total. The van der Waals surface area contributed by atoms with Gasteiger partial charge < -0.3 is 20.1 Å². The summed E-state index contributed by atoms with van der Waals surface area (Å²) in [6, 6.07) is 16.1. The van der Waals surface area contributed by atoms with Crippen LogP contribution in [0.15, 0.2) is 59.2 Å². The summed E-state index contributed by atoms with van der Waals surface area (Å²) in [6.45, 7) is 1.70. The highest BCUT2D eigenvalue weighted by Crippen LogP contribution is 2.41. The minimum atomic E-state index is -0.0366. The highest BCUT2D eigenvalue weighted by molar-refractivity contribution is 7.80. The normalized spacial score (nSPS) is 22.6. The monoisotopic (exact) mass is 422 g/mol. The number of likely N-dealkylation sites (N-methyl/N-ethyl adjacent to an activating group) is 1. The predicted octanol–water partition coefficient (Wildman–Crippen LogP) is 3.31. The first-order valence-electron chi connectivity index (χ1n) is 9.85. The lowest BCUT2D eigenvalue weighted by atomic mass is 9.83. The van der Waals surface area contributed by atoms with E-state index in [4.69, 9.17) is 32.5 Å². The number of nitrogens with two attached hydrogens (primary N) is 1. The van der Waals surface area contributed by atoms with E-state index in [0.717, 1.165) is 41.4 Å². The van der Waals surface area contributed by atoms with Crippen LogP contribution in [0, 0.1) is 5.92 Å². The van der Waals surface area contributed by atoms with E-state index in [0.29, 0.717) is 0 Å². The number of fused-ring (bicyclic) bond motifs is 1. The molecule has 4 rings (SSSR count). The molecular formula is C23H26N4O2S. The lowest BCUT2D eigenvalue weighted by Gasteiger charge is -2.34. The van der Waals surface area contributed by atoms with E-state index < -0.39 is 0 Å². The summed E-state index contributed by atoms with van der Waals surface area (Å²) in [4.78, 5) is 2.32. The maximum atomic E-state index is 6.08. The Morgan fingerprint density at radius 3 is 2.23 bits per heavy atom. The second-order valence-electron chi connectivity index (χ2n) is 7.63. The molecule has 2 atom stereocenters. The molecule has 0 aromatic heterocycles. The molecule has 0 amide bonds. The molecule has 156 valence electrons. The van der Waals surface area contributed by atoms with Crippen LogP contribution >= 0.6 is 12.2 Å². The first-order chi connectivity index (χ1) is 14.5. The number of hydrazone groups is 1. The number of likely N-dealkylation sites (tertiary alicyclic amines) is 1. The van der Waals surface area contributed by atoms with Gasteiger partial charge in [0.1, 0.15) is 11.5 Å². The van der Waals surface area contributed by atoms with Crippen molar-refractivity contribution in [1.29, 1.82) is 0 Å². The van der Waals surface area contributed by atoms with Crippen LogP contribution in [-0.4, -0.2) is 55.1 Å². The van der Waals surface area contributed by atoms with Gasteiger partial charge in [0, 0.05) is 19.0 Å². The summed E-state index contributed by atoms with van der Waals surface area (Å²) in [7, 11) is 5.47. The zero-order chi connectivity index (χ0) is 21.3. The van der Waals surface area contributed by atoms with Crippen molar-refractivity contribution >= 4 is 29.1 Å². The van der Waals surface area contributed by atoms with Crippen molar-refractivity contribution in [3.05, 3.63) is 65.2 Å². The number of piperidine rings is 1. The van der Waals surface area contributed by atoms with Crippen molar-refractivity contribution in [1.82, 2.24) is 9.91 Å². The molecule has 2 aromatic rings. The van der Waals surface area contributed by atoms with Gasteiger partial charge in [-0.15, -0.1) is 0 Å². The van der Waals surface area contributed by atoms with Crippen LogP contribution in [0.4, 0.5) is 0 Å². The summed E-state index contributed by atoms with van der Waals surface area (Å²) >= 11 is 5.35. The van der Waals surface area contributed by atoms with Crippen molar-refractivity contribution in [3.63, 3.8) is 0 Å². The van der Waals surface area contributed by atoms with E-state index in [9.17, 15) is 0 Å². The van der Waals surface area contributed by atoms with Crippen LogP contribution in [0.2, 0.25) is 0 Å². The highest BCUT2D eigenvalue weighted by atomic mass is 32.1. The number of benzene rings is 2. The van der Waals surface area contributed by atoms with Gasteiger partial charge in [-0.05, 0) is 66.3 Å². The van der Waals surface area contributed by atoms with Gasteiger partial charge in [0.2, 0.25) is 0 Å². The summed E-state index contributed by atoms with van der Waals surface area (Å²) in [5.74, 6) is 1.83. The number of hydrogen-bond acceptors (Lipinski definition) is 5. The molecule has 7 heteroatoms. The van der Waals surface area contributed by atoms with Gasteiger partial charge in [0.25, 0.3) is 0 Å². The molecule has 0 unspecified atom stereocenters. The first kappa shape index (κ1) is 20.4. The van der Waals surface area contributed by atoms with E-state index in [-0.39, 0.29) is 17.1 Å². The molecule has 0 aliphatic carbocycles. The maximum Gasteiger partial charge on any atom is 0.187 e. The fraction of sp³-hybridized carbons (Fsp3) is 0.304. The molecule has 1 saturated heterocycles. The summed E-state index contributed by atoms with van der Waals surface area (Å²) in [5, 5.41) is 6.96. The van der Waals surface area contributed by atoms with Gasteiger partial charge >= 0.3 is 0 Å². The topological polar surface area (TPSA) is 63.3 Å². The van der Waals surface area contributed by atoms with Gasteiger partial charge in [-0.25, -0.2) is 5.01 Å². The maximum absolute atomic E-state index is 6.08. The molecule has 0 saturated carbocycles. The van der Waals surface area contributed by atoms with Crippen molar-refractivity contribution in [2.24, 2.45) is 16.8 Å². The van der Waals surface area contributed by atoms with E-state index in [1.165, 1.54) is 5.57 Å². The largest absolute Gasteiger partial charge is 0.497 e. The van der Waals surface area contributed by atoms with E-state index in [2.05, 4.69) is 42.3 Å². The Morgan fingerprint density at radius 1 is 1.07 bits per heavy atom. The molecule has 30 heavy (non-hydrogen) atoms. The molecule has 0 spiro atoms. The average molecular weight is 423 g/mol. The smallest absolute Gasteiger partial charge is 0.187 e. The average Bonchev–Trinajstić information content (AvgIpc) is 3.14. The van der Waals surface area contributed by atoms with Gasteiger partial charge in [0.05, 0.1) is 26.0 Å². The summed E-state index contributed by atoms with van der Waals surface area (Å²) in [6.07, 6.45) is 2.19. The van der Waals surface area contributed by atoms with Crippen molar-refractivity contribution in [2.75, 3.05) is 34.4 Å². The van der Waals surface area contributed by atoms with Crippen LogP contribution in [0.3, 0.4) is 0 Å². The second kappa shape index (κ2) is 8.45. The van der Waals surface area contributed by atoms with E-state index >= 15 is 0 Å². The van der Waals surface area contributed by atoms with E-state index in [1.54, 1.807) is 19.2 Å². The van der Waals surface area contributed by atoms with Crippen molar-refractivity contribution in [3.8, 4) is 11.5 Å². The Labute approximate surface area is 182 Å². The molecule has 2 heterocycles. The van der Waals surface area contributed by atoms with Crippen LogP contribution in [0.5, 0.6) is 11.5 Å². The zero-order valence-electron chi connectivity index (χ0n) is 17.4. The van der Waals surface area contributed by atoms with Crippen molar-refractivity contribution < 1.29 is 9.47 Å². The molecular weight excluding hydrogens is 396 g/mol. The number of methoxy groups -OCH3 is 2. The highest BCUT2D eigenvalue weighted by Gasteiger charge is 2.43. The lowest BCUT2D eigenvalue weighted by Crippen LogP contribution is -2.42. The number of rotatable bonds is 4. The van der Waals surface area contributed by atoms with Crippen LogP contribution in [-0.2, 0) is 0 Å². The van der Waals surface area contributed by atoms with Gasteiger partial charge in [-0.3, -0.25) is 0 Å². The summed E-state index contributed by atoms with van der Waals surface area (Å²) in [5.41, 5.74) is 10.5. The molecule has 1 fully saturated rings. The second-order valence-corrected chi connectivity index (χ2v) is 8.05. The molecule has 6 nitrogen and oxygen atoms in total. The zero-order valence-corrected chi connectivity index (χ0v) is 18.2. The Kier molecular flexibility index (Phi) is 5.74. The Hall–Kier alpha value is -2.90. The first-order valence-corrected chi connectivity index (χ1v) is 10.3. The fourth-order valence-corrected chi connectivity index (χ4v) is 4.37. The molecule has 2 aromatic carbocycles. The lowest BCUT2D eigenvalue weighted by molar-refractivity contribution is 0.248. The Balaban J connectivity index is 1.71.